The lowest BCUT2D eigenvalue weighted by Crippen LogP contribution is -2.54. The molecular weight excluding hydrogens is 453 g/mol. The van der Waals surface area contributed by atoms with Crippen LogP contribution in [0.4, 0.5) is 55.3 Å². The van der Waals surface area contributed by atoms with E-state index < -0.39 is 56.3 Å². The van der Waals surface area contributed by atoms with Gasteiger partial charge in [0.05, 0.1) is 15.5 Å². The molecule has 1 rings (SSSR count). The van der Waals surface area contributed by atoms with Gasteiger partial charge in [-0.2, -0.15) is 43.9 Å². The molecule has 0 heterocycles. The summed E-state index contributed by atoms with van der Waals surface area (Å²) >= 11 is 9.95. The average Bonchev–Trinajstić information content (AvgIpc) is 2.45. The fourth-order valence-electron chi connectivity index (χ4n) is 1.47. The van der Waals surface area contributed by atoms with E-state index in [1.54, 1.807) is 0 Å². The molecule has 0 aliphatic carbocycles. The summed E-state index contributed by atoms with van der Waals surface area (Å²) in [5.74, 6) is -12.9. The molecule has 1 aromatic rings. The number of nitro groups is 1. The molecule has 0 fully saturated rings. The zero-order chi connectivity index (χ0) is 21.6. The minimum absolute atomic E-state index is 0.0440. The summed E-state index contributed by atoms with van der Waals surface area (Å²) < 4.78 is 127. The largest absolute Gasteiger partial charge is 0.460 e. The highest BCUT2D eigenvalue weighted by atomic mass is 35.5. The molecule has 0 aliphatic rings. The Morgan fingerprint density at radius 3 is 1.85 bits per heavy atom. The summed E-state index contributed by atoms with van der Waals surface area (Å²) in [6.07, 6.45) is -12.0. The highest BCUT2D eigenvalue weighted by Crippen LogP contribution is 2.49. The second-order valence-electron chi connectivity index (χ2n) is 4.63. The number of hydrogen-bond acceptors (Lipinski definition) is 3. The van der Waals surface area contributed by atoms with Crippen LogP contribution in [0.25, 0.3) is 0 Å². The smallest absolute Gasteiger partial charge is 0.258 e. The summed E-state index contributed by atoms with van der Waals surface area (Å²) in [7, 11) is 0. The average molecular weight is 455 g/mol. The van der Waals surface area contributed by atoms with Gasteiger partial charge in [-0.25, -0.2) is 4.99 Å². The first-order valence-electron chi connectivity index (χ1n) is 5.96. The van der Waals surface area contributed by atoms with Crippen molar-refractivity contribution in [3.8, 4) is 0 Å². The maximum absolute atomic E-state index is 13.4. The lowest BCUT2D eigenvalue weighted by Gasteiger charge is -2.26. The zero-order valence-electron chi connectivity index (χ0n) is 11.9. The van der Waals surface area contributed by atoms with Crippen LogP contribution < -0.4 is 0 Å². The Kier molecular flexibility index (Phi) is 5.99. The van der Waals surface area contributed by atoms with Crippen molar-refractivity contribution in [1.82, 2.24) is 0 Å². The van der Waals surface area contributed by atoms with E-state index in [2.05, 4.69) is 4.99 Å². The first-order chi connectivity index (χ1) is 11.8. The van der Waals surface area contributed by atoms with Gasteiger partial charge in [0.2, 0.25) is 0 Å². The van der Waals surface area contributed by atoms with Gasteiger partial charge < -0.3 is 0 Å². The molecule has 152 valence electrons. The number of nitrogens with zero attached hydrogens (tertiary/aromatic N) is 2. The fourth-order valence-corrected chi connectivity index (χ4v) is 1.93. The highest BCUT2D eigenvalue weighted by molar-refractivity contribution is 6.67. The molecule has 0 aromatic heterocycles. The van der Waals surface area contributed by atoms with Gasteiger partial charge in [-0.1, -0.05) is 23.2 Å². The fraction of sp³-hybridized carbons (Fsp3) is 0.364. The monoisotopic (exact) mass is 454 g/mol. The van der Waals surface area contributed by atoms with Crippen molar-refractivity contribution in [1.29, 1.82) is 0 Å². The summed E-state index contributed by atoms with van der Waals surface area (Å²) in [6, 6.07) is -0.285. The van der Waals surface area contributed by atoms with Gasteiger partial charge in [-0.15, -0.1) is 0 Å². The molecule has 4 nitrogen and oxygen atoms in total. The van der Waals surface area contributed by atoms with E-state index in [1.807, 2.05) is 0 Å². The quantitative estimate of drug-likeness (QED) is 0.230. The van der Waals surface area contributed by atoms with E-state index in [-0.39, 0.29) is 12.1 Å². The maximum atomic E-state index is 13.4. The molecule has 0 bridgehead atoms. The number of nitro benzene ring substituents is 1. The van der Waals surface area contributed by atoms with Gasteiger partial charge in [-0.3, -0.25) is 10.1 Å². The topological polar surface area (TPSA) is 55.5 Å². The second kappa shape index (κ2) is 6.96. The van der Waals surface area contributed by atoms with Gasteiger partial charge in [0.1, 0.15) is 0 Å². The van der Waals surface area contributed by atoms with Crippen LogP contribution in [0.5, 0.6) is 0 Å². The first-order valence-corrected chi connectivity index (χ1v) is 6.71. The molecule has 0 N–H and O–H groups in total. The third kappa shape index (κ3) is 4.36. The van der Waals surface area contributed by atoms with E-state index in [1.165, 1.54) is 0 Å². The summed E-state index contributed by atoms with van der Waals surface area (Å²) in [5.41, 5.74) is -5.02. The van der Waals surface area contributed by atoms with Gasteiger partial charge in [0.25, 0.3) is 5.69 Å². The van der Waals surface area contributed by atoms with Crippen LogP contribution in [0.2, 0.25) is 5.02 Å². The van der Waals surface area contributed by atoms with E-state index in [0.717, 1.165) is 0 Å². The molecule has 0 amide bonds. The number of benzene rings is 1. The van der Waals surface area contributed by atoms with E-state index in [4.69, 9.17) is 23.2 Å². The van der Waals surface area contributed by atoms with Gasteiger partial charge in [-0.05, 0) is 6.07 Å². The predicted molar refractivity (Wildman–Crippen MR) is 72.0 cm³/mol. The van der Waals surface area contributed by atoms with Gasteiger partial charge in [0.15, 0.2) is 10.9 Å². The molecule has 16 heteroatoms. The third-order valence-corrected chi connectivity index (χ3v) is 3.40. The standard InChI is InChI=1S/C11H2Cl2F10N2O2/c12-4-1-3(9(16,17)18)2-5(25(26)27)6(4)24-7(13)8(14,15)10(19,20)11(21,22)23/h1-2H. The predicted octanol–water partition coefficient (Wildman–Crippen LogP) is 6.37. The number of aliphatic imine (C=N–C) groups is 1. The molecule has 0 saturated carbocycles. The van der Waals surface area contributed by atoms with Crippen LogP contribution in [0.1, 0.15) is 5.56 Å². The molecule has 0 atom stereocenters. The summed E-state index contributed by atoms with van der Waals surface area (Å²) in [5, 5.41) is 6.66. The lowest BCUT2D eigenvalue weighted by atomic mass is 10.1. The Labute approximate surface area is 151 Å². The van der Waals surface area contributed by atoms with Crippen molar-refractivity contribution in [2.45, 2.75) is 24.2 Å². The SMILES string of the molecule is O=[N+]([O-])c1cc(C(F)(F)F)cc(Cl)c1N=C(Cl)C(F)(F)C(F)(F)C(F)(F)F. The number of hydrogen-bond donors (Lipinski definition) is 0. The van der Waals surface area contributed by atoms with Crippen LogP contribution in [0, 0.1) is 10.1 Å². The van der Waals surface area contributed by atoms with Gasteiger partial charge in [0, 0.05) is 6.07 Å². The molecular formula is C11H2Cl2F10N2O2. The van der Waals surface area contributed by atoms with Crippen molar-refractivity contribution in [3.63, 3.8) is 0 Å². The molecule has 0 spiro atoms. The van der Waals surface area contributed by atoms with Crippen molar-refractivity contribution in [2.24, 2.45) is 4.99 Å². The summed E-state index contributed by atoms with van der Waals surface area (Å²) in [4.78, 5) is 11.6. The zero-order valence-corrected chi connectivity index (χ0v) is 13.4. The normalized spacial score (nSPS) is 14.4. The van der Waals surface area contributed by atoms with Crippen LogP contribution in [-0.4, -0.2) is 28.1 Å². The molecule has 0 aliphatic heterocycles. The van der Waals surface area contributed by atoms with Crippen molar-refractivity contribution in [2.75, 3.05) is 0 Å². The van der Waals surface area contributed by atoms with Crippen molar-refractivity contribution in [3.05, 3.63) is 32.8 Å². The first kappa shape index (κ1) is 23.2. The Bertz CT molecular complexity index is 789. The van der Waals surface area contributed by atoms with E-state index >= 15 is 0 Å². The number of rotatable bonds is 4. The third-order valence-electron chi connectivity index (χ3n) is 2.79. The van der Waals surface area contributed by atoms with Crippen LogP contribution >= 0.6 is 23.2 Å². The van der Waals surface area contributed by atoms with Crippen molar-refractivity contribution >= 4 is 39.7 Å². The minimum atomic E-state index is -6.79. The lowest BCUT2D eigenvalue weighted by molar-refractivity contribution is -0.384. The maximum Gasteiger partial charge on any atom is 0.460 e. The Hall–Kier alpha value is -1.83. The summed E-state index contributed by atoms with van der Waals surface area (Å²) in [6.45, 7) is 0. The number of alkyl halides is 10. The van der Waals surface area contributed by atoms with Crippen LogP contribution in [0.15, 0.2) is 17.1 Å². The number of halogens is 12. The van der Waals surface area contributed by atoms with Crippen molar-refractivity contribution < 1.29 is 48.8 Å². The van der Waals surface area contributed by atoms with Crippen LogP contribution in [0.3, 0.4) is 0 Å². The molecule has 27 heavy (non-hydrogen) atoms. The second-order valence-corrected chi connectivity index (χ2v) is 5.40. The Morgan fingerprint density at radius 2 is 1.48 bits per heavy atom. The van der Waals surface area contributed by atoms with Gasteiger partial charge >= 0.3 is 24.2 Å². The van der Waals surface area contributed by atoms with Crippen LogP contribution in [-0.2, 0) is 6.18 Å². The Morgan fingerprint density at radius 1 is 1.00 bits per heavy atom. The highest BCUT2D eigenvalue weighted by Gasteiger charge is 2.75. The molecule has 0 radical (unpaired) electrons. The van der Waals surface area contributed by atoms with E-state index in [9.17, 15) is 54.0 Å². The Balaban J connectivity index is 3.65. The minimum Gasteiger partial charge on any atom is -0.258 e. The van der Waals surface area contributed by atoms with E-state index in [0.29, 0.717) is 0 Å². The molecule has 0 unspecified atom stereocenters. The molecule has 0 saturated heterocycles. The molecule has 1 aromatic carbocycles.